The Morgan fingerprint density at radius 1 is 1.62 bits per heavy atom. The van der Waals surface area contributed by atoms with Gasteiger partial charge in [0.05, 0.1) is 0 Å². The van der Waals surface area contributed by atoms with Gasteiger partial charge in [0.15, 0.2) is 6.19 Å². The molecule has 0 aromatic heterocycles. The lowest BCUT2D eigenvalue weighted by molar-refractivity contribution is 0.574. The number of nitrogens with one attached hydrogen (secondary N) is 1. The summed E-state index contributed by atoms with van der Waals surface area (Å²) in [5.41, 5.74) is 0. The zero-order valence-electron chi connectivity index (χ0n) is 5.44. The summed E-state index contributed by atoms with van der Waals surface area (Å²) in [5.74, 6) is 0.691. The highest BCUT2D eigenvalue weighted by Gasteiger charge is 1.89. The standard InChI is InChI=1S/C6H12N2/c1-6(2)3-4-8-5-7/h6,8H,3-4H2,1-2H3. The quantitative estimate of drug-likeness (QED) is 0.337. The van der Waals surface area contributed by atoms with Crippen LogP contribution in [0.25, 0.3) is 0 Å². The summed E-state index contributed by atoms with van der Waals surface area (Å²) in [6, 6.07) is 0. The Labute approximate surface area is 50.5 Å². The number of hydrogen-bond donors (Lipinski definition) is 1. The van der Waals surface area contributed by atoms with Gasteiger partial charge in [-0.25, -0.2) is 0 Å². The van der Waals surface area contributed by atoms with Crippen molar-refractivity contribution in [3.63, 3.8) is 0 Å². The van der Waals surface area contributed by atoms with E-state index in [1.165, 1.54) is 0 Å². The van der Waals surface area contributed by atoms with E-state index >= 15 is 0 Å². The third-order valence-corrected chi connectivity index (χ3v) is 0.926. The molecule has 2 heteroatoms. The van der Waals surface area contributed by atoms with Crippen LogP contribution >= 0.6 is 0 Å². The number of nitrogens with zero attached hydrogens (tertiary/aromatic N) is 1. The fraction of sp³-hybridized carbons (Fsp3) is 0.833. The van der Waals surface area contributed by atoms with Crippen molar-refractivity contribution in [1.29, 1.82) is 5.26 Å². The van der Waals surface area contributed by atoms with Crippen LogP contribution in [0.4, 0.5) is 0 Å². The number of rotatable bonds is 3. The van der Waals surface area contributed by atoms with E-state index in [0.29, 0.717) is 5.92 Å². The molecule has 0 atom stereocenters. The maximum absolute atomic E-state index is 8.02. The van der Waals surface area contributed by atoms with E-state index in [2.05, 4.69) is 19.2 Å². The van der Waals surface area contributed by atoms with Crippen molar-refractivity contribution >= 4 is 0 Å². The first-order chi connectivity index (χ1) is 3.77. The summed E-state index contributed by atoms with van der Waals surface area (Å²) < 4.78 is 0. The Bertz CT molecular complexity index is 81.0. The van der Waals surface area contributed by atoms with Gasteiger partial charge in [0, 0.05) is 6.54 Å². The van der Waals surface area contributed by atoms with Gasteiger partial charge in [0.1, 0.15) is 0 Å². The molecule has 0 aliphatic rings. The van der Waals surface area contributed by atoms with Gasteiger partial charge in [-0.3, -0.25) is 0 Å². The summed E-state index contributed by atoms with van der Waals surface area (Å²) in [6.45, 7) is 5.09. The minimum atomic E-state index is 0.691. The lowest BCUT2D eigenvalue weighted by Crippen LogP contribution is -2.09. The predicted molar refractivity (Wildman–Crippen MR) is 33.1 cm³/mol. The van der Waals surface area contributed by atoms with Crippen molar-refractivity contribution < 1.29 is 0 Å². The van der Waals surface area contributed by atoms with Gasteiger partial charge < -0.3 is 5.32 Å². The molecule has 0 heterocycles. The summed E-state index contributed by atoms with van der Waals surface area (Å²) in [5, 5.41) is 10.6. The van der Waals surface area contributed by atoms with Crippen molar-refractivity contribution in [2.75, 3.05) is 6.54 Å². The third kappa shape index (κ3) is 5.29. The largest absolute Gasteiger partial charge is 0.324 e. The lowest BCUT2D eigenvalue weighted by Gasteiger charge is -1.99. The maximum atomic E-state index is 8.02. The summed E-state index contributed by atoms with van der Waals surface area (Å²) in [6.07, 6.45) is 2.95. The molecule has 0 unspecified atom stereocenters. The molecule has 46 valence electrons. The van der Waals surface area contributed by atoms with Gasteiger partial charge in [-0.2, -0.15) is 5.26 Å². The second kappa shape index (κ2) is 4.45. The van der Waals surface area contributed by atoms with Crippen LogP contribution in [0.5, 0.6) is 0 Å². The SMILES string of the molecule is CC(C)CCNC#N. The lowest BCUT2D eigenvalue weighted by atomic mass is 10.1. The van der Waals surface area contributed by atoms with E-state index in [-0.39, 0.29) is 0 Å². The molecular weight excluding hydrogens is 100 g/mol. The molecular formula is C6H12N2. The zero-order chi connectivity index (χ0) is 6.41. The van der Waals surface area contributed by atoms with Gasteiger partial charge >= 0.3 is 0 Å². The molecule has 0 bridgehead atoms. The Morgan fingerprint density at radius 2 is 2.25 bits per heavy atom. The van der Waals surface area contributed by atoms with Gasteiger partial charge in [-0.1, -0.05) is 13.8 Å². The molecule has 0 saturated carbocycles. The average Bonchev–Trinajstić information content (AvgIpc) is 1.66. The minimum Gasteiger partial charge on any atom is -0.324 e. The fourth-order valence-corrected chi connectivity index (χ4v) is 0.417. The Morgan fingerprint density at radius 3 is 2.62 bits per heavy atom. The summed E-state index contributed by atoms with van der Waals surface area (Å²) >= 11 is 0. The summed E-state index contributed by atoms with van der Waals surface area (Å²) in [7, 11) is 0. The van der Waals surface area contributed by atoms with Crippen LogP contribution in [0.3, 0.4) is 0 Å². The monoisotopic (exact) mass is 112 g/mol. The molecule has 0 amide bonds. The van der Waals surface area contributed by atoms with E-state index < -0.39 is 0 Å². The fourth-order valence-electron chi connectivity index (χ4n) is 0.417. The molecule has 0 aromatic carbocycles. The highest BCUT2D eigenvalue weighted by molar-refractivity contribution is 4.64. The number of nitriles is 1. The van der Waals surface area contributed by atoms with Gasteiger partial charge in [0.25, 0.3) is 0 Å². The second-order valence-electron chi connectivity index (χ2n) is 2.22. The normalized spacial score (nSPS) is 8.75. The first-order valence-electron chi connectivity index (χ1n) is 2.89. The van der Waals surface area contributed by atoms with Gasteiger partial charge in [0.2, 0.25) is 0 Å². The third-order valence-electron chi connectivity index (χ3n) is 0.926. The predicted octanol–water partition coefficient (Wildman–Crippen LogP) is 1.10. The van der Waals surface area contributed by atoms with Crippen LogP contribution in [0, 0.1) is 17.4 Å². The Hall–Kier alpha value is -0.710. The van der Waals surface area contributed by atoms with Crippen molar-refractivity contribution in [1.82, 2.24) is 5.32 Å². The van der Waals surface area contributed by atoms with Crippen LogP contribution in [-0.4, -0.2) is 6.54 Å². The molecule has 0 fully saturated rings. The van der Waals surface area contributed by atoms with E-state index in [1.807, 2.05) is 6.19 Å². The number of hydrogen-bond acceptors (Lipinski definition) is 2. The zero-order valence-corrected chi connectivity index (χ0v) is 5.44. The molecule has 0 spiro atoms. The molecule has 0 aromatic rings. The first-order valence-corrected chi connectivity index (χ1v) is 2.89. The van der Waals surface area contributed by atoms with Crippen LogP contribution in [-0.2, 0) is 0 Å². The van der Waals surface area contributed by atoms with Crippen LogP contribution in [0.15, 0.2) is 0 Å². The highest BCUT2D eigenvalue weighted by Crippen LogP contribution is 1.95. The molecule has 0 radical (unpaired) electrons. The average molecular weight is 112 g/mol. The van der Waals surface area contributed by atoms with Crippen LogP contribution in [0.1, 0.15) is 20.3 Å². The van der Waals surface area contributed by atoms with Crippen LogP contribution in [0.2, 0.25) is 0 Å². The van der Waals surface area contributed by atoms with E-state index in [0.717, 1.165) is 13.0 Å². The first kappa shape index (κ1) is 7.29. The van der Waals surface area contributed by atoms with E-state index in [4.69, 9.17) is 5.26 Å². The van der Waals surface area contributed by atoms with Crippen molar-refractivity contribution in [3.8, 4) is 6.19 Å². The molecule has 2 nitrogen and oxygen atoms in total. The maximum Gasteiger partial charge on any atom is 0.176 e. The van der Waals surface area contributed by atoms with Gasteiger partial charge in [-0.15, -0.1) is 0 Å². The summed E-state index contributed by atoms with van der Waals surface area (Å²) in [4.78, 5) is 0. The van der Waals surface area contributed by atoms with Gasteiger partial charge in [-0.05, 0) is 12.3 Å². The molecule has 0 aliphatic heterocycles. The van der Waals surface area contributed by atoms with E-state index in [1.54, 1.807) is 0 Å². The molecule has 1 N–H and O–H groups in total. The smallest absolute Gasteiger partial charge is 0.176 e. The van der Waals surface area contributed by atoms with Crippen molar-refractivity contribution in [2.45, 2.75) is 20.3 Å². The highest BCUT2D eigenvalue weighted by atomic mass is 14.8. The Balaban J connectivity index is 2.85. The Kier molecular flexibility index (Phi) is 4.05. The van der Waals surface area contributed by atoms with E-state index in [9.17, 15) is 0 Å². The topological polar surface area (TPSA) is 35.8 Å². The minimum absolute atomic E-state index is 0.691. The molecule has 8 heavy (non-hydrogen) atoms. The van der Waals surface area contributed by atoms with Crippen molar-refractivity contribution in [3.05, 3.63) is 0 Å². The van der Waals surface area contributed by atoms with Crippen molar-refractivity contribution in [2.24, 2.45) is 5.92 Å². The molecule has 0 aliphatic carbocycles. The second-order valence-corrected chi connectivity index (χ2v) is 2.22. The molecule has 0 saturated heterocycles. The molecule has 0 rings (SSSR count). The van der Waals surface area contributed by atoms with Crippen LogP contribution < -0.4 is 5.32 Å².